The van der Waals surface area contributed by atoms with Gasteiger partial charge in [0.25, 0.3) is 5.91 Å². The van der Waals surface area contributed by atoms with Crippen LogP contribution >= 0.6 is 15.9 Å². The van der Waals surface area contributed by atoms with E-state index in [1.165, 1.54) is 12.1 Å². The minimum Gasteiger partial charge on any atom is -0.508 e. The van der Waals surface area contributed by atoms with Crippen LogP contribution in [0.3, 0.4) is 0 Å². The number of carbonyl (C=O) groups is 1. The maximum atomic E-state index is 12.7. The first kappa shape index (κ1) is 15.7. The van der Waals surface area contributed by atoms with Crippen LogP contribution in [-0.4, -0.2) is 26.8 Å². The van der Waals surface area contributed by atoms with Crippen molar-refractivity contribution in [1.29, 1.82) is 0 Å². The average molecular weight is 375 g/mol. The highest BCUT2D eigenvalue weighted by molar-refractivity contribution is 9.10. The van der Waals surface area contributed by atoms with Crippen molar-refractivity contribution in [2.24, 2.45) is 5.10 Å². The Hall–Kier alpha value is -2.18. The Labute approximate surface area is 142 Å². The van der Waals surface area contributed by atoms with Gasteiger partial charge in [-0.15, -0.1) is 0 Å². The van der Waals surface area contributed by atoms with Gasteiger partial charge in [-0.3, -0.25) is 4.79 Å². The summed E-state index contributed by atoms with van der Waals surface area (Å²) in [5, 5.41) is 25.9. The maximum Gasteiger partial charge on any atom is 0.277 e. The van der Waals surface area contributed by atoms with E-state index in [-0.39, 0.29) is 17.7 Å². The Bertz CT molecular complexity index is 789. The highest BCUT2D eigenvalue weighted by Crippen LogP contribution is 2.37. The van der Waals surface area contributed by atoms with Crippen molar-refractivity contribution in [3.8, 4) is 5.75 Å². The number of aliphatic hydroxyl groups is 1. The minimum absolute atomic E-state index is 0.0112. The Kier molecular flexibility index (Phi) is 3.95. The normalized spacial score (nSPS) is 20.5. The Balaban J connectivity index is 2.01. The van der Waals surface area contributed by atoms with E-state index in [0.29, 0.717) is 11.3 Å². The lowest BCUT2D eigenvalue weighted by molar-refractivity contribution is -0.0765. The highest BCUT2D eigenvalue weighted by Gasteiger charge is 2.45. The predicted octanol–water partition coefficient (Wildman–Crippen LogP) is 3.22. The number of amides is 1. The van der Waals surface area contributed by atoms with Crippen LogP contribution < -0.4 is 0 Å². The number of phenols is 1. The van der Waals surface area contributed by atoms with E-state index in [2.05, 4.69) is 21.0 Å². The molecule has 1 aliphatic rings. The van der Waals surface area contributed by atoms with Crippen molar-refractivity contribution in [2.75, 3.05) is 0 Å². The van der Waals surface area contributed by atoms with Crippen LogP contribution in [0.2, 0.25) is 0 Å². The quantitative estimate of drug-likeness (QED) is 0.847. The first-order valence-electron chi connectivity index (χ1n) is 7.06. The largest absolute Gasteiger partial charge is 0.508 e. The molecule has 1 atom stereocenters. The Morgan fingerprint density at radius 1 is 1.26 bits per heavy atom. The van der Waals surface area contributed by atoms with Crippen LogP contribution in [0.15, 0.2) is 58.1 Å². The number of phenolic OH excluding ortho intramolecular Hbond substituents is 1. The molecular formula is C17H15BrN2O3. The van der Waals surface area contributed by atoms with Crippen LogP contribution in [0, 0.1) is 0 Å². The van der Waals surface area contributed by atoms with Crippen molar-refractivity contribution in [2.45, 2.75) is 19.1 Å². The number of nitrogens with zero attached hydrogens (tertiary/aromatic N) is 2. The second-order valence-corrected chi connectivity index (χ2v) is 6.42. The molecule has 0 aromatic heterocycles. The van der Waals surface area contributed by atoms with Gasteiger partial charge >= 0.3 is 0 Å². The first-order chi connectivity index (χ1) is 10.9. The maximum absolute atomic E-state index is 12.7. The van der Waals surface area contributed by atoms with Crippen molar-refractivity contribution < 1.29 is 15.0 Å². The third-order valence-corrected chi connectivity index (χ3v) is 4.24. The SMILES string of the molecule is CC1=NN(C(=O)c2cccc(O)c2)[C@](O)(c2ccc(Br)cc2)C1. The smallest absolute Gasteiger partial charge is 0.277 e. The van der Waals surface area contributed by atoms with E-state index in [1.807, 2.05) is 0 Å². The molecule has 1 heterocycles. The second kappa shape index (κ2) is 5.79. The summed E-state index contributed by atoms with van der Waals surface area (Å²) in [6.45, 7) is 1.76. The van der Waals surface area contributed by atoms with Crippen LogP contribution in [0.5, 0.6) is 5.75 Å². The summed E-state index contributed by atoms with van der Waals surface area (Å²) in [5.74, 6) is -0.480. The number of benzene rings is 2. The van der Waals surface area contributed by atoms with Crippen LogP contribution in [0.1, 0.15) is 29.3 Å². The van der Waals surface area contributed by atoms with Gasteiger partial charge < -0.3 is 10.2 Å². The van der Waals surface area contributed by atoms with Crippen LogP contribution in [0.25, 0.3) is 0 Å². The molecule has 0 fully saturated rings. The zero-order chi connectivity index (χ0) is 16.6. The molecule has 6 heteroatoms. The molecule has 118 valence electrons. The molecular weight excluding hydrogens is 360 g/mol. The third-order valence-electron chi connectivity index (χ3n) is 3.72. The first-order valence-corrected chi connectivity index (χ1v) is 7.85. The van der Waals surface area contributed by atoms with Crippen molar-refractivity contribution in [3.63, 3.8) is 0 Å². The molecule has 2 N–H and O–H groups in total. The molecule has 0 spiro atoms. The second-order valence-electron chi connectivity index (χ2n) is 5.50. The predicted molar refractivity (Wildman–Crippen MR) is 90.0 cm³/mol. The van der Waals surface area contributed by atoms with Gasteiger partial charge in [-0.25, -0.2) is 0 Å². The summed E-state index contributed by atoms with van der Waals surface area (Å²) in [4.78, 5) is 12.7. The summed E-state index contributed by atoms with van der Waals surface area (Å²) in [7, 11) is 0. The summed E-state index contributed by atoms with van der Waals surface area (Å²) in [6, 6.07) is 13.1. The molecule has 0 unspecified atom stereocenters. The zero-order valence-corrected chi connectivity index (χ0v) is 14.0. The van der Waals surface area contributed by atoms with Gasteiger partial charge in [-0.05, 0) is 37.3 Å². The molecule has 23 heavy (non-hydrogen) atoms. The summed E-state index contributed by atoms with van der Waals surface area (Å²) in [6.07, 6.45) is 0.235. The molecule has 0 saturated heterocycles. The lowest BCUT2D eigenvalue weighted by Crippen LogP contribution is -2.43. The topological polar surface area (TPSA) is 73.1 Å². The van der Waals surface area contributed by atoms with Gasteiger partial charge in [-0.1, -0.05) is 34.1 Å². The number of carbonyl (C=O) groups excluding carboxylic acids is 1. The standard InChI is InChI=1S/C17H15BrN2O3/c1-11-10-17(23,13-5-7-14(18)8-6-13)20(19-11)16(22)12-3-2-4-15(21)9-12/h2-9,21,23H,10H2,1H3/t17-/m1/s1. The fraction of sp³-hybridized carbons (Fsp3) is 0.176. The number of aromatic hydroxyl groups is 1. The number of hydrazone groups is 1. The number of halogens is 1. The Morgan fingerprint density at radius 3 is 2.61 bits per heavy atom. The molecule has 0 radical (unpaired) electrons. The van der Waals surface area contributed by atoms with Crippen molar-refractivity contribution >= 4 is 27.5 Å². The van der Waals surface area contributed by atoms with Gasteiger partial charge in [0.1, 0.15) is 5.75 Å². The van der Waals surface area contributed by atoms with E-state index in [9.17, 15) is 15.0 Å². The van der Waals surface area contributed by atoms with E-state index in [1.54, 1.807) is 43.3 Å². The summed E-state index contributed by atoms with van der Waals surface area (Å²) < 4.78 is 0.881. The molecule has 1 aliphatic heterocycles. The number of hydrogen-bond donors (Lipinski definition) is 2. The lowest BCUT2D eigenvalue weighted by Gasteiger charge is -2.31. The summed E-state index contributed by atoms with van der Waals surface area (Å²) >= 11 is 3.35. The minimum atomic E-state index is -1.53. The fourth-order valence-corrected chi connectivity index (χ4v) is 2.90. The summed E-state index contributed by atoms with van der Waals surface area (Å²) in [5.41, 5.74) is -0.0365. The van der Waals surface area contributed by atoms with Crippen molar-refractivity contribution in [3.05, 3.63) is 64.1 Å². The van der Waals surface area contributed by atoms with Gasteiger partial charge in [0, 0.05) is 27.7 Å². The fourth-order valence-electron chi connectivity index (χ4n) is 2.64. The molecule has 0 bridgehead atoms. The molecule has 5 nitrogen and oxygen atoms in total. The number of rotatable bonds is 2. The van der Waals surface area contributed by atoms with Gasteiger partial charge in [0.05, 0.1) is 0 Å². The highest BCUT2D eigenvalue weighted by atomic mass is 79.9. The molecule has 2 aromatic carbocycles. The molecule has 0 saturated carbocycles. The van der Waals surface area contributed by atoms with E-state index < -0.39 is 11.6 Å². The van der Waals surface area contributed by atoms with Gasteiger partial charge in [0.2, 0.25) is 0 Å². The third kappa shape index (κ3) is 2.87. The van der Waals surface area contributed by atoms with E-state index in [0.717, 1.165) is 9.48 Å². The van der Waals surface area contributed by atoms with Crippen molar-refractivity contribution in [1.82, 2.24) is 5.01 Å². The lowest BCUT2D eigenvalue weighted by atomic mass is 9.97. The van der Waals surface area contributed by atoms with E-state index in [4.69, 9.17) is 0 Å². The van der Waals surface area contributed by atoms with Crippen LogP contribution in [0.4, 0.5) is 0 Å². The molecule has 3 rings (SSSR count). The molecule has 2 aromatic rings. The number of hydrogen-bond acceptors (Lipinski definition) is 4. The Morgan fingerprint density at radius 2 is 1.96 bits per heavy atom. The van der Waals surface area contributed by atoms with Crippen LogP contribution in [-0.2, 0) is 5.72 Å². The van der Waals surface area contributed by atoms with E-state index >= 15 is 0 Å². The average Bonchev–Trinajstić information content (AvgIpc) is 2.83. The zero-order valence-electron chi connectivity index (χ0n) is 12.4. The van der Waals surface area contributed by atoms with Gasteiger partial charge in [0.15, 0.2) is 5.72 Å². The monoisotopic (exact) mass is 374 g/mol. The van der Waals surface area contributed by atoms with Gasteiger partial charge in [-0.2, -0.15) is 10.1 Å². The molecule has 0 aliphatic carbocycles. The molecule has 1 amide bonds.